The second kappa shape index (κ2) is 6.60. The summed E-state index contributed by atoms with van der Waals surface area (Å²) in [6.45, 7) is 5.05. The van der Waals surface area contributed by atoms with E-state index in [9.17, 15) is 22.8 Å². The summed E-state index contributed by atoms with van der Waals surface area (Å²) in [4.78, 5) is 22.9. The van der Waals surface area contributed by atoms with Gasteiger partial charge in [0.2, 0.25) is 5.91 Å². The Morgan fingerprint density at radius 1 is 1.10 bits per heavy atom. The van der Waals surface area contributed by atoms with Gasteiger partial charge in [-0.15, -0.1) is 0 Å². The van der Waals surface area contributed by atoms with Crippen LogP contribution in [0.1, 0.15) is 33.6 Å². The lowest BCUT2D eigenvalue weighted by molar-refractivity contribution is -0.155. The van der Waals surface area contributed by atoms with Crippen LogP contribution in [0.15, 0.2) is 12.1 Å². The van der Waals surface area contributed by atoms with E-state index in [0.29, 0.717) is 6.07 Å². The van der Waals surface area contributed by atoms with Crippen molar-refractivity contribution in [1.82, 2.24) is 0 Å². The number of carbonyl (C=O) groups excluding carboxylic acids is 2. The molecule has 1 rings (SSSR count). The average molecular weight is 303 g/mol. The number of ether oxygens (including phenoxy) is 1. The summed E-state index contributed by atoms with van der Waals surface area (Å²) in [5, 5.41) is 2.07. The minimum atomic E-state index is -1.67. The molecule has 0 saturated carbocycles. The number of rotatable bonds is 4. The summed E-state index contributed by atoms with van der Waals surface area (Å²) in [6, 6.07) is 1.60. The third-order valence-electron chi connectivity index (χ3n) is 2.29. The summed E-state index contributed by atoms with van der Waals surface area (Å²) in [7, 11) is 0. The Labute approximate surface area is 120 Å². The Bertz CT molecular complexity index is 553. The van der Waals surface area contributed by atoms with Gasteiger partial charge in [0.05, 0.1) is 12.1 Å². The quantitative estimate of drug-likeness (QED) is 0.686. The van der Waals surface area contributed by atoms with E-state index in [1.807, 2.05) is 0 Å². The first-order valence-electron chi connectivity index (χ1n) is 6.25. The zero-order chi connectivity index (χ0) is 16.2. The Hall–Kier alpha value is -2.05. The van der Waals surface area contributed by atoms with E-state index in [1.54, 1.807) is 20.8 Å². The van der Waals surface area contributed by atoms with Crippen LogP contribution in [0.25, 0.3) is 0 Å². The maximum atomic E-state index is 13.3. The van der Waals surface area contributed by atoms with Crippen LogP contribution in [0, 0.1) is 17.5 Å². The molecule has 0 fully saturated rings. The highest BCUT2D eigenvalue weighted by Gasteiger charge is 2.18. The average Bonchev–Trinajstić information content (AvgIpc) is 2.35. The predicted molar refractivity (Wildman–Crippen MR) is 70.0 cm³/mol. The first-order valence-corrected chi connectivity index (χ1v) is 6.25. The summed E-state index contributed by atoms with van der Waals surface area (Å²) in [6.07, 6.45) is -0.457. The Morgan fingerprint density at radius 3 is 2.29 bits per heavy atom. The maximum absolute atomic E-state index is 13.3. The Kier molecular flexibility index (Phi) is 5.34. The fourth-order valence-electron chi connectivity index (χ4n) is 1.44. The predicted octanol–water partition coefficient (Wildman–Crippen LogP) is 3.16. The van der Waals surface area contributed by atoms with Gasteiger partial charge in [0.15, 0.2) is 17.5 Å². The molecule has 1 aromatic rings. The molecular weight excluding hydrogens is 287 g/mol. The molecule has 116 valence electrons. The minimum absolute atomic E-state index is 0.200. The second-order valence-electron chi connectivity index (χ2n) is 5.36. The third kappa shape index (κ3) is 5.45. The summed E-state index contributed by atoms with van der Waals surface area (Å²) < 4.78 is 44.0. The normalized spacial score (nSPS) is 11.1. The third-order valence-corrected chi connectivity index (χ3v) is 2.29. The molecular formula is C14H16F3NO3. The number of anilines is 1. The molecule has 0 atom stereocenters. The second-order valence-corrected chi connectivity index (χ2v) is 5.36. The number of hydrogen-bond donors (Lipinski definition) is 1. The molecule has 1 amide bonds. The number of benzene rings is 1. The van der Waals surface area contributed by atoms with Gasteiger partial charge in [0.25, 0.3) is 0 Å². The van der Waals surface area contributed by atoms with Crippen molar-refractivity contribution in [1.29, 1.82) is 0 Å². The molecule has 21 heavy (non-hydrogen) atoms. The highest BCUT2D eigenvalue weighted by atomic mass is 19.2. The van der Waals surface area contributed by atoms with Gasteiger partial charge in [-0.1, -0.05) is 0 Å². The van der Waals surface area contributed by atoms with Crippen LogP contribution in [0.5, 0.6) is 0 Å². The van der Waals surface area contributed by atoms with Crippen molar-refractivity contribution < 1.29 is 27.5 Å². The summed E-state index contributed by atoms with van der Waals surface area (Å²) >= 11 is 0. The minimum Gasteiger partial charge on any atom is -0.460 e. The zero-order valence-electron chi connectivity index (χ0n) is 11.9. The summed E-state index contributed by atoms with van der Waals surface area (Å²) in [5.74, 6) is -5.78. The standard InChI is InChI=1S/C14H16F3NO3/c1-14(2,3)21-11(20)7-6-10(19)18-9-5-4-8(15)12(16)13(9)17/h4-5H,6-7H2,1-3H3,(H,18,19). The van der Waals surface area contributed by atoms with Crippen molar-refractivity contribution in [2.45, 2.75) is 39.2 Å². The Balaban J connectivity index is 2.55. The first-order chi connectivity index (χ1) is 9.60. The number of esters is 1. The number of carbonyl (C=O) groups is 2. The van der Waals surface area contributed by atoms with Crippen LogP contribution in [0.2, 0.25) is 0 Å². The number of amides is 1. The largest absolute Gasteiger partial charge is 0.460 e. The van der Waals surface area contributed by atoms with Crippen LogP contribution in [0.4, 0.5) is 18.9 Å². The van der Waals surface area contributed by atoms with Gasteiger partial charge in [0, 0.05) is 6.42 Å². The highest BCUT2D eigenvalue weighted by molar-refractivity contribution is 5.92. The Morgan fingerprint density at radius 2 is 1.71 bits per heavy atom. The zero-order valence-corrected chi connectivity index (χ0v) is 11.9. The van der Waals surface area contributed by atoms with Crippen LogP contribution >= 0.6 is 0 Å². The van der Waals surface area contributed by atoms with Gasteiger partial charge in [-0.05, 0) is 32.9 Å². The maximum Gasteiger partial charge on any atom is 0.306 e. The van der Waals surface area contributed by atoms with E-state index >= 15 is 0 Å². The van der Waals surface area contributed by atoms with Crippen LogP contribution in [-0.2, 0) is 14.3 Å². The van der Waals surface area contributed by atoms with Gasteiger partial charge in [-0.25, -0.2) is 13.2 Å². The molecule has 1 N–H and O–H groups in total. The molecule has 0 bridgehead atoms. The van der Waals surface area contributed by atoms with Crippen LogP contribution in [-0.4, -0.2) is 17.5 Å². The van der Waals surface area contributed by atoms with Crippen LogP contribution in [0.3, 0.4) is 0 Å². The van der Waals surface area contributed by atoms with Crippen molar-refractivity contribution in [3.63, 3.8) is 0 Å². The number of nitrogens with one attached hydrogen (secondary N) is 1. The summed E-state index contributed by atoms with van der Waals surface area (Å²) in [5.41, 5.74) is -1.15. The topological polar surface area (TPSA) is 55.4 Å². The first kappa shape index (κ1) is 17.0. The van der Waals surface area contributed by atoms with Crippen molar-refractivity contribution >= 4 is 17.6 Å². The van der Waals surface area contributed by atoms with Crippen molar-refractivity contribution in [3.05, 3.63) is 29.6 Å². The molecule has 4 nitrogen and oxygen atoms in total. The SMILES string of the molecule is CC(C)(C)OC(=O)CCC(=O)Nc1ccc(F)c(F)c1F. The van der Waals surface area contributed by atoms with E-state index in [4.69, 9.17) is 4.74 Å². The molecule has 0 heterocycles. The molecule has 0 aliphatic heterocycles. The molecule has 1 aromatic carbocycles. The molecule has 0 unspecified atom stereocenters. The van der Waals surface area contributed by atoms with Crippen molar-refractivity contribution in [3.8, 4) is 0 Å². The van der Waals surface area contributed by atoms with Crippen molar-refractivity contribution in [2.24, 2.45) is 0 Å². The van der Waals surface area contributed by atoms with Gasteiger partial charge in [0.1, 0.15) is 5.60 Å². The lowest BCUT2D eigenvalue weighted by Crippen LogP contribution is -2.24. The van der Waals surface area contributed by atoms with E-state index < -0.39 is 40.6 Å². The molecule has 0 saturated heterocycles. The lowest BCUT2D eigenvalue weighted by Gasteiger charge is -2.19. The fourth-order valence-corrected chi connectivity index (χ4v) is 1.44. The highest BCUT2D eigenvalue weighted by Crippen LogP contribution is 2.20. The van der Waals surface area contributed by atoms with E-state index in [2.05, 4.69) is 5.32 Å². The van der Waals surface area contributed by atoms with Gasteiger partial charge < -0.3 is 10.1 Å². The number of hydrogen-bond acceptors (Lipinski definition) is 3. The fraction of sp³-hybridized carbons (Fsp3) is 0.429. The molecule has 0 spiro atoms. The molecule has 0 aliphatic carbocycles. The molecule has 7 heteroatoms. The van der Waals surface area contributed by atoms with E-state index in [-0.39, 0.29) is 12.8 Å². The number of halogens is 3. The van der Waals surface area contributed by atoms with Gasteiger partial charge in [-0.2, -0.15) is 0 Å². The lowest BCUT2D eigenvalue weighted by atomic mass is 10.2. The molecule has 0 aliphatic rings. The molecule has 0 aromatic heterocycles. The van der Waals surface area contributed by atoms with Gasteiger partial charge in [-0.3, -0.25) is 9.59 Å². The van der Waals surface area contributed by atoms with Crippen LogP contribution < -0.4 is 5.32 Å². The molecule has 0 radical (unpaired) electrons. The van der Waals surface area contributed by atoms with Crippen molar-refractivity contribution in [2.75, 3.05) is 5.32 Å². The van der Waals surface area contributed by atoms with Gasteiger partial charge >= 0.3 is 5.97 Å². The smallest absolute Gasteiger partial charge is 0.306 e. The monoisotopic (exact) mass is 303 g/mol. The van der Waals surface area contributed by atoms with E-state index in [0.717, 1.165) is 6.07 Å². The van der Waals surface area contributed by atoms with E-state index in [1.165, 1.54) is 0 Å².